The minimum atomic E-state index is 0.297. The second-order valence-electron chi connectivity index (χ2n) is 11.7. The highest BCUT2D eigenvalue weighted by Crippen LogP contribution is 2.46. The second kappa shape index (κ2) is 14.8. The molecule has 0 bridgehead atoms. The molecular weight excluding hydrogens is 671 g/mol. The van der Waals surface area contributed by atoms with E-state index in [1.807, 2.05) is 34.8 Å². The Kier molecular flexibility index (Phi) is 9.88. The van der Waals surface area contributed by atoms with Gasteiger partial charge in [-0.2, -0.15) is 0 Å². The monoisotopic (exact) mass is 703 g/mol. The maximum atomic E-state index is 11.3. The number of nitrogens with zero attached hydrogens (tertiary/aromatic N) is 3. The first-order valence-electron chi connectivity index (χ1n) is 16.3. The summed E-state index contributed by atoms with van der Waals surface area (Å²) < 4.78 is 13.1. The maximum Gasteiger partial charge on any atom is 0.298 e. The quantitative estimate of drug-likeness (QED) is 0.104. The van der Waals surface area contributed by atoms with Gasteiger partial charge in [-0.25, -0.2) is 4.98 Å². The van der Waals surface area contributed by atoms with Gasteiger partial charge in [0.15, 0.2) is 0 Å². The van der Waals surface area contributed by atoms with E-state index in [2.05, 4.69) is 53.5 Å². The van der Waals surface area contributed by atoms with Crippen molar-refractivity contribution in [1.29, 1.82) is 0 Å². The number of benzene rings is 1. The molecule has 0 saturated carbocycles. The van der Waals surface area contributed by atoms with Gasteiger partial charge in [-0.15, -0.1) is 34.0 Å². The number of thiophene rings is 3. The lowest BCUT2D eigenvalue weighted by Crippen LogP contribution is -1.97. The molecule has 7 aromatic rings. The Balaban J connectivity index is 1.26. The molecule has 0 unspecified atom stereocenters. The molecule has 7 rings (SSSR count). The summed E-state index contributed by atoms with van der Waals surface area (Å²) in [5.74, 6) is 0.622. The normalized spacial score (nSPS) is 11.3. The predicted molar refractivity (Wildman–Crippen MR) is 201 cm³/mol. The first kappa shape index (κ1) is 32.8. The van der Waals surface area contributed by atoms with Gasteiger partial charge in [-0.05, 0) is 101 Å². The molecule has 0 aliphatic rings. The van der Waals surface area contributed by atoms with Gasteiger partial charge in [-0.1, -0.05) is 26.7 Å². The van der Waals surface area contributed by atoms with Crippen molar-refractivity contribution in [2.24, 2.45) is 0 Å². The molecule has 0 N–H and O–H groups in total. The van der Waals surface area contributed by atoms with Crippen molar-refractivity contribution >= 4 is 67.1 Å². The SMILES string of the molecule is CCCCc1c2cc(-c3ccc(-c4ccnc(-c5cc(OC=O)cc(-c6cc(OC=O)ccn6)n5)c4)s3)sc2c(CCCC)c2ccsc12. The molecule has 0 saturated heterocycles. The lowest BCUT2D eigenvalue weighted by Gasteiger charge is -2.11. The van der Waals surface area contributed by atoms with E-state index >= 15 is 0 Å². The van der Waals surface area contributed by atoms with E-state index in [4.69, 9.17) is 14.5 Å². The second-order valence-corrected chi connectivity index (χ2v) is 14.7. The first-order chi connectivity index (χ1) is 24.1. The number of fused-ring (bicyclic) bond motifs is 2. The Labute approximate surface area is 296 Å². The zero-order chi connectivity index (χ0) is 33.7. The Hall–Kier alpha value is -4.77. The van der Waals surface area contributed by atoms with Crippen molar-refractivity contribution in [2.75, 3.05) is 0 Å². The molecule has 0 radical (unpaired) electrons. The number of hydrogen-bond acceptors (Lipinski definition) is 10. The maximum absolute atomic E-state index is 11.3. The Morgan fingerprint density at radius 1 is 0.633 bits per heavy atom. The Bertz CT molecular complexity index is 2230. The topological polar surface area (TPSA) is 91.3 Å². The van der Waals surface area contributed by atoms with Crippen LogP contribution in [0.5, 0.6) is 11.5 Å². The van der Waals surface area contributed by atoms with Crippen molar-refractivity contribution in [2.45, 2.75) is 52.4 Å². The number of aromatic nitrogens is 3. The molecule has 6 heterocycles. The van der Waals surface area contributed by atoms with E-state index in [1.165, 1.54) is 72.9 Å². The third-order valence-corrected chi connectivity index (χ3v) is 12.0. The van der Waals surface area contributed by atoms with Crippen LogP contribution in [0.25, 0.3) is 63.1 Å². The van der Waals surface area contributed by atoms with Gasteiger partial charge in [-0.3, -0.25) is 19.6 Å². The highest BCUT2D eigenvalue weighted by Gasteiger charge is 2.19. The average molecular weight is 704 g/mol. The fourth-order valence-electron chi connectivity index (χ4n) is 6.11. The number of pyridine rings is 3. The van der Waals surface area contributed by atoms with E-state index < -0.39 is 0 Å². The number of carbonyl (C=O) groups excluding carboxylic acids is 2. The van der Waals surface area contributed by atoms with Crippen LogP contribution in [0.2, 0.25) is 0 Å². The molecule has 49 heavy (non-hydrogen) atoms. The van der Waals surface area contributed by atoms with E-state index in [0.29, 0.717) is 47.2 Å². The summed E-state index contributed by atoms with van der Waals surface area (Å²) in [7, 11) is 0. The fraction of sp³-hybridized carbons (Fsp3) is 0.205. The highest BCUT2D eigenvalue weighted by atomic mass is 32.1. The summed E-state index contributed by atoms with van der Waals surface area (Å²) in [6.07, 6.45) is 10.2. The summed E-state index contributed by atoms with van der Waals surface area (Å²) >= 11 is 5.59. The van der Waals surface area contributed by atoms with Gasteiger partial charge in [0, 0.05) is 54.6 Å². The van der Waals surface area contributed by atoms with E-state index in [-0.39, 0.29) is 0 Å². The number of rotatable bonds is 14. The molecule has 0 aliphatic heterocycles. The molecule has 0 amide bonds. The van der Waals surface area contributed by atoms with Gasteiger partial charge in [0.2, 0.25) is 0 Å². The molecule has 0 fully saturated rings. The molecule has 1 aromatic carbocycles. The van der Waals surface area contributed by atoms with Crippen LogP contribution in [-0.4, -0.2) is 27.9 Å². The fourth-order valence-corrected chi connectivity index (χ4v) is 9.48. The first-order valence-corrected chi connectivity index (χ1v) is 18.8. The van der Waals surface area contributed by atoms with E-state index in [0.717, 1.165) is 23.3 Å². The molecule has 0 spiro atoms. The minimum absolute atomic E-state index is 0.297. The number of ether oxygens (including phenoxy) is 2. The predicted octanol–water partition coefficient (Wildman–Crippen LogP) is 10.8. The zero-order valence-corrected chi connectivity index (χ0v) is 29.6. The van der Waals surface area contributed by atoms with Gasteiger partial charge >= 0.3 is 0 Å². The van der Waals surface area contributed by atoms with E-state index in [9.17, 15) is 9.59 Å². The molecular formula is C39H33N3O4S3. The third kappa shape index (κ3) is 6.76. The molecule has 246 valence electrons. The van der Waals surface area contributed by atoms with Crippen LogP contribution in [0.15, 0.2) is 78.4 Å². The zero-order valence-electron chi connectivity index (χ0n) is 27.1. The van der Waals surface area contributed by atoms with E-state index in [1.54, 1.807) is 41.8 Å². The molecule has 10 heteroatoms. The third-order valence-electron chi connectivity index (χ3n) is 8.47. The minimum Gasteiger partial charge on any atom is -0.429 e. The highest BCUT2D eigenvalue weighted by molar-refractivity contribution is 7.27. The smallest absolute Gasteiger partial charge is 0.298 e. The van der Waals surface area contributed by atoms with Crippen molar-refractivity contribution in [3.05, 3.63) is 89.6 Å². The van der Waals surface area contributed by atoms with Crippen LogP contribution in [0.3, 0.4) is 0 Å². The summed E-state index contributed by atoms with van der Waals surface area (Å²) in [4.78, 5) is 39.6. The standard InChI is InChI=1S/C39H33N3O4S3/c1-3-5-7-27-29-13-16-47-38(29)28(8-6-4-2)30-21-37(49-39(27)30)36-10-9-35(48-36)24-11-14-40-31(17-24)33-19-26(46-23-44)20-34(42-33)32-18-25(45-22-43)12-15-41-32/h9-23H,3-8H2,1-2H3. The summed E-state index contributed by atoms with van der Waals surface area (Å²) in [6, 6.07) is 19.6. The lowest BCUT2D eigenvalue weighted by molar-refractivity contribution is -0.121. The number of aryl methyl sites for hydroxylation is 2. The Morgan fingerprint density at radius 2 is 1.29 bits per heavy atom. The van der Waals surface area contributed by atoms with Gasteiger partial charge in [0.25, 0.3) is 12.9 Å². The molecule has 0 atom stereocenters. The Morgan fingerprint density at radius 3 is 2.02 bits per heavy atom. The summed E-state index contributed by atoms with van der Waals surface area (Å²) in [6.45, 7) is 5.26. The number of unbranched alkanes of at least 4 members (excludes halogenated alkanes) is 2. The van der Waals surface area contributed by atoms with Gasteiger partial charge in [0.1, 0.15) is 11.5 Å². The van der Waals surface area contributed by atoms with Crippen molar-refractivity contribution in [3.8, 4) is 54.5 Å². The van der Waals surface area contributed by atoms with Crippen molar-refractivity contribution in [1.82, 2.24) is 15.0 Å². The largest absolute Gasteiger partial charge is 0.429 e. The van der Waals surface area contributed by atoms with Crippen LogP contribution in [0.1, 0.15) is 50.7 Å². The molecule has 7 nitrogen and oxygen atoms in total. The van der Waals surface area contributed by atoms with Crippen molar-refractivity contribution < 1.29 is 19.1 Å². The van der Waals surface area contributed by atoms with Crippen LogP contribution in [0, 0.1) is 0 Å². The van der Waals surface area contributed by atoms with Gasteiger partial charge in [0.05, 0.1) is 22.8 Å². The number of carbonyl (C=O) groups is 2. The van der Waals surface area contributed by atoms with Crippen LogP contribution in [0.4, 0.5) is 0 Å². The summed E-state index contributed by atoms with van der Waals surface area (Å²) in [5.41, 5.74) is 6.05. The number of hydrogen-bond donors (Lipinski definition) is 0. The van der Waals surface area contributed by atoms with Crippen LogP contribution < -0.4 is 9.47 Å². The lowest BCUT2D eigenvalue weighted by atomic mass is 9.96. The summed E-state index contributed by atoms with van der Waals surface area (Å²) in [5, 5.41) is 5.13. The van der Waals surface area contributed by atoms with Gasteiger partial charge < -0.3 is 9.47 Å². The van der Waals surface area contributed by atoms with Crippen molar-refractivity contribution in [3.63, 3.8) is 0 Å². The average Bonchev–Trinajstić information content (AvgIpc) is 3.91. The molecule has 0 aliphatic carbocycles. The van der Waals surface area contributed by atoms with Crippen LogP contribution >= 0.6 is 34.0 Å². The molecule has 6 aromatic heterocycles. The van der Waals surface area contributed by atoms with Crippen LogP contribution in [-0.2, 0) is 22.4 Å².